The first-order chi connectivity index (χ1) is 25.5. The van der Waals surface area contributed by atoms with Crippen molar-refractivity contribution in [2.24, 2.45) is 0 Å². The molecule has 0 N–H and O–H groups in total. The van der Waals surface area contributed by atoms with E-state index in [1.807, 2.05) is 97.1 Å². The largest absolute Gasteiger partial charge is 0.488 e. The monoisotopic (exact) mass is 682 g/mol. The Balaban J connectivity index is 1.19. The molecule has 0 aliphatic carbocycles. The van der Waals surface area contributed by atoms with E-state index in [-0.39, 0.29) is 11.9 Å². The fourth-order valence-corrected chi connectivity index (χ4v) is 6.84. The Hall–Kier alpha value is -6.66. The number of methoxy groups -OCH3 is 2. The first-order valence-corrected chi connectivity index (χ1v) is 17.0. The maximum Gasteiger partial charge on any atom is 0.337 e. The summed E-state index contributed by atoms with van der Waals surface area (Å²) < 4.78 is 23.3. The lowest BCUT2D eigenvalue weighted by Gasteiger charge is -2.20. The van der Waals surface area contributed by atoms with E-state index in [1.165, 1.54) is 14.2 Å². The van der Waals surface area contributed by atoms with Gasteiger partial charge in [-0.3, -0.25) is 0 Å². The Bertz CT molecular complexity index is 2470. The minimum absolute atomic E-state index is 0.315. The van der Waals surface area contributed by atoms with E-state index in [0.29, 0.717) is 24.3 Å². The van der Waals surface area contributed by atoms with Gasteiger partial charge >= 0.3 is 11.9 Å². The third kappa shape index (κ3) is 6.27. The highest BCUT2D eigenvalue weighted by Gasteiger charge is 2.20. The van der Waals surface area contributed by atoms with Crippen LogP contribution < -0.4 is 9.47 Å². The molecular formula is C46H34O6. The van der Waals surface area contributed by atoms with Crippen LogP contribution in [0.15, 0.2) is 146 Å². The number of hydrogen-bond acceptors (Lipinski definition) is 6. The molecule has 0 aromatic heterocycles. The maximum atomic E-state index is 12.2. The van der Waals surface area contributed by atoms with Crippen LogP contribution in [0, 0.1) is 0 Å². The molecule has 0 heterocycles. The van der Waals surface area contributed by atoms with Crippen LogP contribution >= 0.6 is 0 Å². The van der Waals surface area contributed by atoms with Crippen LogP contribution in [0.5, 0.6) is 11.5 Å². The Labute approximate surface area is 300 Å². The minimum Gasteiger partial charge on any atom is -0.488 e. The van der Waals surface area contributed by atoms with Crippen LogP contribution in [-0.2, 0) is 22.7 Å². The van der Waals surface area contributed by atoms with Gasteiger partial charge in [0.15, 0.2) is 0 Å². The molecule has 0 aliphatic heterocycles. The van der Waals surface area contributed by atoms with Crippen molar-refractivity contribution in [3.8, 4) is 22.6 Å². The van der Waals surface area contributed by atoms with E-state index >= 15 is 0 Å². The standard InChI is InChI=1S/C46H34O6/c1-49-45(47)35-17-15-31-13-11-29(23-37(31)25-35)27-51-41-21-19-33-7-3-5-9-39(33)43(41)44-40-10-6-4-8-34(40)20-22-42(44)52-28-30-12-14-32-16-18-36(46(48)50-2)26-38(32)24-30/h3-26H,27-28H2,1-2H3. The molecule has 0 unspecified atom stereocenters. The van der Waals surface area contributed by atoms with E-state index in [2.05, 4.69) is 36.4 Å². The van der Waals surface area contributed by atoms with Crippen molar-refractivity contribution < 1.29 is 28.5 Å². The van der Waals surface area contributed by atoms with Crippen LogP contribution in [0.3, 0.4) is 0 Å². The smallest absolute Gasteiger partial charge is 0.337 e. The molecule has 254 valence electrons. The third-order valence-electron chi connectivity index (χ3n) is 9.47. The maximum absolute atomic E-state index is 12.2. The van der Waals surface area contributed by atoms with Gasteiger partial charge in [-0.25, -0.2) is 9.59 Å². The second-order valence-corrected chi connectivity index (χ2v) is 12.7. The van der Waals surface area contributed by atoms with Crippen molar-refractivity contribution in [1.29, 1.82) is 0 Å². The molecule has 8 aromatic rings. The van der Waals surface area contributed by atoms with Gasteiger partial charge in [-0.15, -0.1) is 0 Å². The van der Waals surface area contributed by atoms with E-state index < -0.39 is 0 Å². The summed E-state index contributed by atoms with van der Waals surface area (Å²) in [5.74, 6) is 0.713. The molecule has 0 atom stereocenters. The van der Waals surface area contributed by atoms with Gasteiger partial charge in [0.25, 0.3) is 0 Å². The van der Waals surface area contributed by atoms with Crippen LogP contribution in [0.4, 0.5) is 0 Å². The van der Waals surface area contributed by atoms with Crippen molar-refractivity contribution in [2.45, 2.75) is 13.2 Å². The Morgan fingerprint density at radius 3 is 1.27 bits per heavy atom. The number of esters is 2. The van der Waals surface area contributed by atoms with Gasteiger partial charge in [0.1, 0.15) is 24.7 Å². The van der Waals surface area contributed by atoms with Crippen LogP contribution in [-0.4, -0.2) is 26.2 Å². The zero-order valence-corrected chi connectivity index (χ0v) is 28.7. The number of carbonyl (C=O) groups excluding carboxylic acids is 2. The second-order valence-electron chi connectivity index (χ2n) is 12.7. The lowest BCUT2D eigenvalue weighted by Crippen LogP contribution is -2.02. The van der Waals surface area contributed by atoms with E-state index in [0.717, 1.165) is 76.8 Å². The van der Waals surface area contributed by atoms with Gasteiger partial charge in [0, 0.05) is 11.1 Å². The molecule has 6 nitrogen and oxygen atoms in total. The highest BCUT2D eigenvalue weighted by molar-refractivity contribution is 6.10. The molecule has 52 heavy (non-hydrogen) atoms. The fourth-order valence-electron chi connectivity index (χ4n) is 6.84. The zero-order valence-electron chi connectivity index (χ0n) is 28.7. The molecule has 8 rings (SSSR count). The molecule has 0 fully saturated rings. The van der Waals surface area contributed by atoms with Crippen molar-refractivity contribution in [3.05, 3.63) is 168 Å². The first kappa shape index (κ1) is 32.5. The molecule has 0 bridgehead atoms. The second kappa shape index (κ2) is 13.9. The van der Waals surface area contributed by atoms with Gasteiger partial charge in [-0.2, -0.15) is 0 Å². The summed E-state index contributed by atoms with van der Waals surface area (Å²) in [4.78, 5) is 24.4. The van der Waals surface area contributed by atoms with Crippen molar-refractivity contribution >= 4 is 55.0 Å². The lowest BCUT2D eigenvalue weighted by atomic mass is 9.92. The molecule has 0 radical (unpaired) electrons. The summed E-state index contributed by atoms with van der Waals surface area (Å²) in [6.45, 7) is 0.630. The number of fused-ring (bicyclic) bond motifs is 4. The average Bonchev–Trinajstić information content (AvgIpc) is 3.20. The summed E-state index contributed by atoms with van der Waals surface area (Å²) in [7, 11) is 2.77. The van der Waals surface area contributed by atoms with Crippen LogP contribution in [0.1, 0.15) is 31.8 Å². The number of ether oxygens (including phenoxy) is 4. The van der Waals surface area contributed by atoms with Crippen LogP contribution in [0.25, 0.3) is 54.2 Å². The van der Waals surface area contributed by atoms with Gasteiger partial charge in [-0.1, -0.05) is 97.1 Å². The predicted octanol–water partition coefficient (Wildman–Crippen LogP) is 10.7. The summed E-state index contributed by atoms with van der Waals surface area (Å²) in [5.41, 5.74) is 4.83. The Morgan fingerprint density at radius 1 is 0.423 bits per heavy atom. The van der Waals surface area contributed by atoms with Crippen molar-refractivity contribution in [3.63, 3.8) is 0 Å². The fraction of sp³-hybridized carbons (Fsp3) is 0.0870. The Kier molecular flexibility index (Phi) is 8.71. The topological polar surface area (TPSA) is 71.1 Å². The van der Waals surface area contributed by atoms with Crippen LogP contribution in [0.2, 0.25) is 0 Å². The Morgan fingerprint density at radius 2 is 0.827 bits per heavy atom. The van der Waals surface area contributed by atoms with E-state index in [9.17, 15) is 9.59 Å². The van der Waals surface area contributed by atoms with Gasteiger partial charge < -0.3 is 18.9 Å². The molecule has 0 aliphatic rings. The SMILES string of the molecule is COC(=O)c1ccc2ccc(COc3ccc4ccccc4c3-c3c(OCc4ccc5ccc(C(=O)OC)cc5c4)ccc4ccccc34)cc2c1. The molecule has 0 spiro atoms. The average molecular weight is 683 g/mol. The minimum atomic E-state index is -0.370. The van der Waals surface area contributed by atoms with Gasteiger partial charge in [0.05, 0.1) is 25.3 Å². The normalized spacial score (nSPS) is 11.2. The quantitative estimate of drug-likeness (QED) is 0.141. The summed E-state index contributed by atoms with van der Waals surface area (Å²) in [6.07, 6.45) is 0. The predicted molar refractivity (Wildman–Crippen MR) is 206 cm³/mol. The van der Waals surface area contributed by atoms with Crippen molar-refractivity contribution in [1.82, 2.24) is 0 Å². The van der Waals surface area contributed by atoms with E-state index in [1.54, 1.807) is 12.1 Å². The van der Waals surface area contributed by atoms with Gasteiger partial charge in [0.2, 0.25) is 0 Å². The molecular weight excluding hydrogens is 648 g/mol. The first-order valence-electron chi connectivity index (χ1n) is 17.0. The molecule has 8 aromatic carbocycles. The summed E-state index contributed by atoms with van der Waals surface area (Å²) in [6, 6.07) is 48.2. The summed E-state index contributed by atoms with van der Waals surface area (Å²) >= 11 is 0. The number of rotatable bonds is 9. The highest BCUT2D eigenvalue weighted by Crippen LogP contribution is 2.46. The molecule has 0 amide bonds. The van der Waals surface area contributed by atoms with Gasteiger partial charge in [-0.05, 0) is 103 Å². The lowest BCUT2D eigenvalue weighted by molar-refractivity contribution is 0.0592. The van der Waals surface area contributed by atoms with E-state index in [4.69, 9.17) is 18.9 Å². The summed E-state index contributed by atoms with van der Waals surface area (Å²) in [5, 5.41) is 8.17. The molecule has 0 saturated heterocycles. The molecule has 0 saturated carbocycles. The zero-order chi connectivity index (χ0) is 35.6. The number of benzene rings is 8. The number of hydrogen-bond donors (Lipinski definition) is 0. The molecule has 6 heteroatoms. The third-order valence-corrected chi connectivity index (χ3v) is 9.47. The number of carbonyl (C=O) groups is 2. The van der Waals surface area contributed by atoms with Crippen molar-refractivity contribution in [2.75, 3.05) is 14.2 Å². The highest BCUT2D eigenvalue weighted by atomic mass is 16.5.